The van der Waals surface area contributed by atoms with E-state index in [2.05, 4.69) is 34.4 Å². The van der Waals surface area contributed by atoms with Crippen LogP contribution in [0.5, 0.6) is 5.75 Å². The van der Waals surface area contributed by atoms with Crippen LogP contribution < -0.4 is 15.0 Å². The third kappa shape index (κ3) is 7.23. The Kier molecular flexibility index (Phi) is 12.1. The van der Waals surface area contributed by atoms with Crippen LogP contribution in [0, 0.1) is 17.8 Å². The molecule has 0 saturated carbocycles. The Bertz CT molecular complexity index is 1600. The molecule has 2 bridgehead atoms. The van der Waals surface area contributed by atoms with E-state index in [-0.39, 0.29) is 36.0 Å². The lowest BCUT2D eigenvalue weighted by atomic mass is 9.70. The molecule has 3 heterocycles. The van der Waals surface area contributed by atoms with Gasteiger partial charge in [-0.2, -0.15) is 0 Å². The second-order valence-corrected chi connectivity index (χ2v) is 15.0. The Morgan fingerprint density at radius 2 is 1.80 bits per heavy atom. The maximum absolute atomic E-state index is 14.9. The molecule has 5 rings (SSSR count). The molecule has 2 aromatic carbocycles. The third-order valence-electron chi connectivity index (χ3n) is 10.3. The number of hydrogen-bond donors (Lipinski definition) is 2. The molecule has 0 aliphatic carbocycles. The Balaban J connectivity index is 1.54. The van der Waals surface area contributed by atoms with Crippen molar-refractivity contribution in [3.63, 3.8) is 0 Å². The second-order valence-electron chi connectivity index (χ2n) is 13.8. The number of ether oxygens (including phenoxy) is 3. The number of nitrogens with one attached hydrogen (secondary N) is 1. The van der Waals surface area contributed by atoms with Crippen molar-refractivity contribution in [1.82, 2.24) is 10.2 Å². The minimum Gasteiger partial charge on any atom is -0.497 e. The lowest BCUT2D eigenvalue weighted by Crippen LogP contribution is -2.60. The van der Waals surface area contributed by atoms with Crippen LogP contribution in [0.25, 0.3) is 0 Å². The molecule has 0 radical (unpaired) electrons. The number of esters is 1. The van der Waals surface area contributed by atoms with E-state index in [4.69, 9.17) is 14.2 Å². The number of anilines is 1. The monoisotopic (exact) mass is 765 g/mol. The molecule has 3 fully saturated rings. The van der Waals surface area contributed by atoms with Gasteiger partial charge in [0.25, 0.3) is 5.91 Å². The molecule has 0 aromatic heterocycles. The number of benzene rings is 2. The summed E-state index contributed by atoms with van der Waals surface area (Å²) < 4.78 is 18.3. The first-order valence-corrected chi connectivity index (χ1v) is 18.3. The van der Waals surface area contributed by atoms with Gasteiger partial charge >= 0.3 is 5.97 Å². The summed E-state index contributed by atoms with van der Waals surface area (Å²) in [6.07, 6.45) is 2.64. The van der Waals surface area contributed by atoms with E-state index in [0.29, 0.717) is 23.4 Å². The van der Waals surface area contributed by atoms with Crippen LogP contribution in [0.4, 0.5) is 5.69 Å². The lowest BCUT2D eigenvalue weighted by Gasteiger charge is -2.40. The van der Waals surface area contributed by atoms with E-state index in [1.54, 1.807) is 50.5 Å². The van der Waals surface area contributed by atoms with Crippen LogP contribution in [0.15, 0.2) is 79.9 Å². The molecule has 9 atom stereocenters. The molecule has 3 aliphatic heterocycles. The van der Waals surface area contributed by atoms with Gasteiger partial charge in [-0.15, -0.1) is 13.2 Å². The number of allylic oxidation sites excluding steroid dienone is 1. The number of amides is 3. The molecule has 11 nitrogen and oxygen atoms in total. The number of carbonyl (C=O) groups excluding carboxylic acids is 4. The smallest absolute Gasteiger partial charge is 0.313 e. The first-order chi connectivity index (χ1) is 24.4. The number of likely N-dealkylation sites (tertiary alicyclic amines) is 1. The Labute approximate surface area is 308 Å². The zero-order valence-corrected chi connectivity index (χ0v) is 31.2. The van der Waals surface area contributed by atoms with Crippen LogP contribution in [0.2, 0.25) is 0 Å². The van der Waals surface area contributed by atoms with Gasteiger partial charge in [-0.3, -0.25) is 19.2 Å². The van der Waals surface area contributed by atoms with E-state index in [0.717, 1.165) is 0 Å². The minimum atomic E-state index is -1.39. The molecule has 51 heavy (non-hydrogen) atoms. The van der Waals surface area contributed by atoms with Crippen molar-refractivity contribution in [3.05, 3.63) is 85.5 Å². The van der Waals surface area contributed by atoms with Crippen LogP contribution in [0.1, 0.15) is 51.7 Å². The fourth-order valence-corrected chi connectivity index (χ4v) is 8.84. The van der Waals surface area contributed by atoms with E-state index in [1.807, 2.05) is 44.2 Å². The standard InChI is InChI=1S/C39H48BrN3O8/c1-7-9-15-30(45)41-24(5)33(25-13-11-10-12-14-25)50-38(48)31-32-36(46)43(29(22-44)23(3)4)35(39(32)21-28(40)34(31)51-39)37(47)42(20-8-2)26-16-18-27(49-6)19-17-26/h7-8,10-14,16-19,23-24,28-29,31-35,44H,1-2,9,15,20-22H2,3-6H3,(H,41,45)/t24-,28?,29+,31-,32+,33-,34-,35-,39+/m1/s1. The Morgan fingerprint density at radius 3 is 2.39 bits per heavy atom. The fraction of sp³-hybridized carbons (Fsp3) is 0.487. The summed E-state index contributed by atoms with van der Waals surface area (Å²) in [4.78, 5) is 59.5. The van der Waals surface area contributed by atoms with E-state index in [1.165, 1.54) is 9.80 Å². The highest BCUT2D eigenvalue weighted by molar-refractivity contribution is 9.09. The van der Waals surface area contributed by atoms with Crippen molar-refractivity contribution in [2.45, 2.75) is 80.8 Å². The van der Waals surface area contributed by atoms with Crippen molar-refractivity contribution >= 4 is 45.3 Å². The van der Waals surface area contributed by atoms with Crippen LogP contribution >= 0.6 is 15.9 Å². The SMILES string of the molecule is C=CCCC(=O)N[C@H](C)[C@@H](OC(=O)[C@H]1[C@@H]2O[C@@]3(CC2Br)[C@@H]1C(=O)N([C@@H](CO)C(C)C)[C@@H]3C(=O)N(CC=C)c1ccc(OC)cc1)c1ccccc1. The molecule has 3 aliphatic rings. The van der Waals surface area contributed by atoms with Gasteiger partial charge in [-0.05, 0) is 55.5 Å². The van der Waals surface area contributed by atoms with Crippen LogP contribution in [-0.2, 0) is 28.7 Å². The zero-order valence-electron chi connectivity index (χ0n) is 29.6. The van der Waals surface area contributed by atoms with Gasteiger partial charge in [-0.1, -0.05) is 72.3 Å². The summed E-state index contributed by atoms with van der Waals surface area (Å²) >= 11 is 3.73. The fourth-order valence-electron chi connectivity index (χ4n) is 7.90. The van der Waals surface area contributed by atoms with Gasteiger partial charge in [0.1, 0.15) is 23.5 Å². The Morgan fingerprint density at radius 1 is 1.12 bits per heavy atom. The van der Waals surface area contributed by atoms with Gasteiger partial charge in [0.2, 0.25) is 11.8 Å². The summed E-state index contributed by atoms with van der Waals surface area (Å²) in [5.74, 6) is -3.47. The molecular weight excluding hydrogens is 718 g/mol. The minimum absolute atomic E-state index is 0.137. The molecule has 1 spiro atoms. The van der Waals surface area contributed by atoms with Crippen LogP contribution in [-0.4, -0.2) is 88.6 Å². The second kappa shape index (κ2) is 16.1. The largest absolute Gasteiger partial charge is 0.497 e. The van der Waals surface area contributed by atoms with Gasteiger partial charge in [0, 0.05) is 23.5 Å². The predicted octanol–water partition coefficient (Wildman–Crippen LogP) is 4.73. The molecule has 12 heteroatoms. The Hall–Kier alpha value is -4.00. The number of nitrogens with zero attached hydrogens (tertiary/aromatic N) is 2. The van der Waals surface area contributed by atoms with Crippen molar-refractivity contribution in [2.75, 3.05) is 25.2 Å². The number of carbonyl (C=O) groups is 4. The van der Waals surface area contributed by atoms with Crippen molar-refractivity contribution < 1.29 is 38.5 Å². The number of methoxy groups -OCH3 is 1. The zero-order chi connectivity index (χ0) is 37.0. The number of alkyl halides is 1. The molecule has 1 unspecified atom stereocenters. The average Bonchev–Trinajstić information content (AvgIpc) is 3.72. The number of aliphatic hydroxyl groups excluding tert-OH is 1. The predicted molar refractivity (Wildman–Crippen MR) is 196 cm³/mol. The molecule has 274 valence electrons. The summed E-state index contributed by atoms with van der Waals surface area (Å²) in [5.41, 5.74) is -0.159. The summed E-state index contributed by atoms with van der Waals surface area (Å²) in [7, 11) is 1.55. The maximum atomic E-state index is 14.9. The molecular formula is C39H48BrN3O8. The number of aliphatic hydroxyl groups is 1. The van der Waals surface area contributed by atoms with Gasteiger partial charge in [0.05, 0.1) is 43.7 Å². The van der Waals surface area contributed by atoms with Crippen molar-refractivity contribution in [3.8, 4) is 5.75 Å². The summed E-state index contributed by atoms with van der Waals surface area (Å²) in [6, 6.07) is 13.6. The van der Waals surface area contributed by atoms with Gasteiger partial charge < -0.3 is 34.4 Å². The van der Waals surface area contributed by atoms with Gasteiger partial charge in [-0.25, -0.2) is 0 Å². The summed E-state index contributed by atoms with van der Waals surface area (Å²) in [6.45, 7) is 12.8. The number of rotatable bonds is 16. The first kappa shape index (κ1) is 38.2. The van der Waals surface area contributed by atoms with E-state index in [9.17, 15) is 24.3 Å². The number of hydrogen-bond acceptors (Lipinski definition) is 8. The average molecular weight is 767 g/mol. The third-order valence-corrected chi connectivity index (χ3v) is 11.1. The molecule has 2 aromatic rings. The highest BCUT2D eigenvalue weighted by atomic mass is 79.9. The van der Waals surface area contributed by atoms with Crippen LogP contribution in [0.3, 0.4) is 0 Å². The molecule has 3 amide bonds. The summed E-state index contributed by atoms with van der Waals surface area (Å²) in [5, 5.41) is 13.6. The molecule has 2 N–H and O–H groups in total. The highest BCUT2D eigenvalue weighted by Crippen LogP contribution is 2.61. The highest BCUT2D eigenvalue weighted by Gasteiger charge is 2.77. The number of halogens is 1. The van der Waals surface area contributed by atoms with Crippen molar-refractivity contribution in [1.29, 1.82) is 0 Å². The lowest BCUT2D eigenvalue weighted by molar-refractivity contribution is -0.162. The van der Waals surface area contributed by atoms with E-state index < -0.39 is 72.2 Å². The quantitative estimate of drug-likeness (QED) is 0.142. The topological polar surface area (TPSA) is 135 Å². The van der Waals surface area contributed by atoms with Crippen molar-refractivity contribution in [2.24, 2.45) is 17.8 Å². The van der Waals surface area contributed by atoms with E-state index >= 15 is 0 Å². The maximum Gasteiger partial charge on any atom is 0.313 e. The molecule has 3 saturated heterocycles. The number of fused-ring (bicyclic) bond motifs is 1. The first-order valence-electron chi connectivity index (χ1n) is 17.4. The van der Waals surface area contributed by atoms with Gasteiger partial charge in [0.15, 0.2) is 0 Å². The normalized spacial score (nSPS) is 26.6.